The van der Waals surface area contributed by atoms with E-state index >= 15 is 0 Å². The normalized spacial score (nSPS) is 10.8. The Kier molecular flexibility index (Phi) is 3.37. The van der Waals surface area contributed by atoms with Gasteiger partial charge < -0.3 is 5.32 Å². The van der Waals surface area contributed by atoms with E-state index in [1.165, 1.54) is 6.07 Å². The number of benzene rings is 1. The number of hydrogen-bond acceptors (Lipinski definition) is 1. The Morgan fingerprint density at radius 2 is 1.92 bits per heavy atom. The molecule has 0 heterocycles. The maximum absolute atomic E-state index is 12.7. The lowest BCUT2D eigenvalue weighted by molar-refractivity contribution is 0.504. The van der Waals surface area contributed by atoms with Crippen molar-refractivity contribution in [1.29, 1.82) is 0 Å². The first-order chi connectivity index (χ1) is 6.09. The summed E-state index contributed by atoms with van der Waals surface area (Å²) in [6.07, 6.45) is 0. The Balaban J connectivity index is 2.63. The third-order valence-corrected chi connectivity index (χ3v) is 1.70. The molecule has 0 fully saturated rings. The Bertz CT molecular complexity index is 284. The van der Waals surface area contributed by atoms with Crippen molar-refractivity contribution in [3.8, 4) is 0 Å². The molecule has 0 unspecified atom stereocenters. The average molecular weight is 185 g/mol. The van der Waals surface area contributed by atoms with Gasteiger partial charge in [-0.15, -0.1) is 0 Å². The number of rotatable bonds is 3. The van der Waals surface area contributed by atoms with E-state index in [2.05, 4.69) is 5.32 Å². The summed E-state index contributed by atoms with van der Waals surface area (Å²) >= 11 is 0. The SMILES string of the molecule is CC(C)NCc1ccc(F)c(F)c1. The van der Waals surface area contributed by atoms with Crippen LogP contribution in [0.25, 0.3) is 0 Å². The summed E-state index contributed by atoms with van der Waals surface area (Å²) in [5.41, 5.74) is 0.757. The highest BCUT2D eigenvalue weighted by Gasteiger charge is 2.02. The topological polar surface area (TPSA) is 12.0 Å². The summed E-state index contributed by atoms with van der Waals surface area (Å²) in [7, 11) is 0. The van der Waals surface area contributed by atoms with Crippen molar-refractivity contribution in [1.82, 2.24) is 5.32 Å². The highest BCUT2D eigenvalue weighted by molar-refractivity contribution is 5.17. The first kappa shape index (κ1) is 10.1. The lowest BCUT2D eigenvalue weighted by Crippen LogP contribution is -2.21. The first-order valence-corrected chi connectivity index (χ1v) is 4.27. The number of hydrogen-bond donors (Lipinski definition) is 1. The second-order valence-electron chi connectivity index (χ2n) is 3.28. The fraction of sp³-hybridized carbons (Fsp3) is 0.400. The molecule has 0 saturated heterocycles. The minimum Gasteiger partial charge on any atom is -0.310 e. The molecule has 0 spiro atoms. The van der Waals surface area contributed by atoms with Crippen LogP contribution in [0, 0.1) is 11.6 Å². The standard InChI is InChI=1S/C10H13F2N/c1-7(2)13-6-8-3-4-9(11)10(12)5-8/h3-5,7,13H,6H2,1-2H3. The largest absolute Gasteiger partial charge is 0.310 e. The fourth-order valence-corrected chi connectivity index (χ4v) is 0.972. The zero-order chi connectivity index (χ0) is 9.84. The van der Waals surface area contributed by atoms with Gasteiger partial charge in [0.15, 0.2) is 11.6 Å². The molecule has 1 aromatic rings. The van der Waals surface area contributed by atoms with Gasteiger partial charge in [-0.2, -0.15) is 0 Å². The summed E-state index contributed by atoms with van der Waals surface area (Å²) in [4.78, 5) is 0. The van der Waals surface area contributed by atoms with Crippen LogP contribution in [-0.2, 0) is 6.54 Å². The molecule has 1 nitrogen and oxygen atoms in total. The lowest BCUT2D eigenvalue weighted by Gasteiger charge is -2.07. The van der Waals surface area contributed by atoms with E-state index < -0.39 is 11.6 Å². The van der Waals surface area contributed by atoms with E-state index in [0.717, 1.165) is 11.6 Å². The Labute approximate surface area is 76.8 Å². The molecule has 0 aliphatic carbocycles. The molecule has 1 rings (SSSR count). The Morgan fingerprint density at radius 1 is 1.23 bits per heavy atom. The minimum atomic E-state index is -0.798. The molecule has 0 amide bonds. The first-order valence-electron chi connectivity index (χ1n) is 4.27. The van der Waals surface area contributed by atoms with Crippen LogP contribution in [0.2, 0.25) is 0 Å². The summed E-state index contributed by atoms with van der Waals surface area (Å²) in [5, 5.41) is 3.12. The summed E-state index contributed by atoms with van der Waals surface area (Å²) in [6, 6.07) is 4.28. The molecular formula is C10H13F2N. The third-order valence-electron chi connectivity index (χ3n) is 1.70. The molecule has 13 heavy (non-hydrogen) atoms. The highest BCUT2D eigenvalue weighted by Crippen LogP contribution is 2.08. The predicted molar refractivity (Wildman–Crippen MR) is 48.3 cm³/mol. The van der Waals surface area contributed by atoms with Crippen LogP contribution in [0.1, 0.15) is 19.4 Å². The van der Waals surface area contributed by atoms with E-state index in [4.69, 9.17) is 0 Å². The van der Waals surface area contributed by atoms with E-state index in [-0.39, 0.29) is 0 Å². The van der Waals surface area contributed by atoms with Gasteiger partial charge in [0.25, 0.3) is 0 Å². The molecule has 0 aliphatic heterocycles. The number of halogens is 2. The van der Waals surface area contributed by atoms with Gasteiger partial charge >= 0.3 is 0 Å². The van der Waals surface area contributed by atoms with Gasteiger partial charge in [0.1, 0.15) is 0 Å². The second kappa shape index (κ2) is 4.33. The summed E-state index contributed by atoms with van der Waals surface area (Å²) < 4.78 is 25.2. The molecule has 3 heteroatoms. The van der Waals surface area contributed by atoms with Crippen molar-refractivity contribution < 1.29 is 8.78 Å². The maximum atomic E-state index is 12.7. The van der Waals surface area contributed by atoms with Gasteiger partial charge in [0, 0.05) is 12.6 Å². The molecule has 1 N–H and O–H groups in total. The molecule has 72 valence electrons. The quantitative estimate of drug-likeness (QED) is 0.762. The molecule has 0 aliphatic rings. The zero-order valence-electron chi connectivity index (χ0n) is 7.77. The predicted octanol–water partition coefficient (Wildman–Crippen LogP) is 2.46. The number of nitrogens with one attached hydrogen (secondary N) is 1. The van der Waals surface area contributed by atoms with Crippen LogP contribution in [0.15, 0.2) is 18.2 Å². The van der Waals surface area contributed by atoms with Crippen LogP contribution < -0.4 is 5.32 Å². The summed E-state index contributed by atoms with van der Waals surface area (Å²) in [5.74, 6) is -1.59. The van der Waals surface area contributed by atoms with Gasteiger partial charge in [-0.3, -0.25) is 0 Å². The van der Waals surface area contributed by atoms with Crippen LogP contribution in [-0.4, -0.2) is 6.04 Å². The lowest BCUT2D eigenvalue weighted by atomic mass is 10.2. The average Bonchev–Trinajstić information content (AvgIpc) is 2.07. The molecule has 1 aromatic carbocycles. The van der Waals surface area contributed by atoms with Crippen LogP contribution in [0.5, 0.6) is 0 Å². The van der Waals surface area contributed by atoms with E-state index in [0.29, 0.717) is 12.6 Å². The van der Waals surface area contributed by atoms with E-state index in [1.54, 1.807) is 6.07 Å². The second-order valence-corrected chi connectivity index (χ2v) is 3.28. The van der Waals surface area contributed by atoms with Gasteiger partial charge in [-0.1, -0.05) is 19.9 Å². The molecule has 0 radical (unpaired) electrons. The van der Waals surface area contributed by atoms with Crippen molar-refractivity contribution in [2.24, 2.45) is 0 Å². The van der Waals surface area contributed by atoms with Crippen LogP contribution in [0.3, 0.4) is 0 Å². The molecule has 0 aromatic heterocycles. The monoisotopic (exact) mass is 185 g/mol. The maximum Gasteiger partial charge on any atom is 0.159 e. The van der Waals surface area contributed by atoms with Gasteiger partial charge in [0.2, 0.25) is 0 Å². The van der Waals surface area contributed by atoms with Gasteiger partial charge in [0.05, 0.1) is 0 Å². The molecular weight excluding hydrogens is 172 g/mol. The van der Waals surface area contributed by atoms with Crippen molar-refractivity contribution in [2.45, 2.75) is 26.4 Å². The van der Waals surface area contributed by atoms with E-state index in [9.17, 15) is 8.78 Å². The minimum absolute atomic E-state index is 0.341. The van der Waals surface area contributed by atoms with Crippen molar-refractivity contribution in [3.05, 3.63) is 35.4 Å². The van der Waals surface area contributed by atoms with Crippen molar-refractivity contribution in [3.63, 3.8) is 0 Å². The fourth-order valence-electron chi connectivity index (χ4n) is 0.972. The van der Waals surface area contributed by atoms with Crippen molar-refractivity contribution in [2.75, 3.05) is 0 Å². The van der Waals surface area contributed by atoms with Crippen LogP contribution in [0.4, 0.5) is 8.78 Å². The van der Waals surface area contributed by atoms with Gasteiger partial charge in [-0.05, 0) is 17.7 Å². The van der Waals surface area contributed by atoms with Gasteiger partial charge in [-0.25, -0.2) is 8.78 Å². The van der Waals surface area contributed by atoms with E-state index in [1.807, 2.05) is 13.8 Å². The van der Waals surface area contributed by atoms with Crippen molar-refractivity contribution >= 4 is 0 Å². The zero-order valence-corrected chi connectivity index (χ0v) is 7.77. The molecule has 0 bridgehead atoms. The molecule has 0 atom stereocenters. The molecule has 0 saturated carbocycles. The van der Waals surface area contributed by atoms with Crippen LogP contribution >= 0.6 is 0 Å². The third kappa shape index (κ3) is 3.11. The Morgan fingerprint density at radius 3 is 2.46 bits per heavy atom. The highest BCUT2D eigenvalue weighted by atomic mass is 19.2. The Hall–Kier alpha value is -0.960. The summed E-state index contributed by atoms with van der Waals surface area (Å²) in [6.45, 7) is 4.56. The smallest absolute Gasteiger partial charge is 0.159 e.